The molecule has 2 N–H and O–H groups in total. The van der Waals surface area contributed by atoms with Crippen LogP contribution in [0.3, 0.4) is 0 Å². The molecule has 0 unspecified atom stereocenters. The van der Waals surface area contributed by atoms with Gasteiger partial charge >= 0.3 is 0 Å². The van der Waals surface area contributed by atoms with Crippen molar-refractivity contribution in [3.05, 3.63) is 71.6 Å². The number of carbonyl (C=O) groups excluding carboxylic acids is 2. The normalized spacial score (nSPS) is 14.1. The molecule has 158 valence electrons. The molecule has 0 spiro atoms. The number of halogens is 1. The average Bonchev–Trinajstić information content (AvgIpc) is 3.25. The van der Waals surface area contributed by atoms with Crippen LogP contribution in [0.4, 0.5) is 10.2 Å². The Morgan fingerprint density at radius 3 is 2.61 bits per heavy atom. The fourth-order valence-electron chi connectivity index (χ4n) is 3.19. The maximum Gasteiger partial charge on any atom is 0.295 e. The van der Waals surface area contributed by atoms with E-state index in [-0.39, 0.29) is 35.4 Å². The summed E-state index contributed by atoms with van der Waals surface area (Å²) in [4.78, 5) is 30.2. The Hall–Kier alpha value is -4.08. The molecule has 0 saturated heterocycles. The molecular weight excluding hydrogens is 403 g/mol. The monoisotopic (exact) mass is 422 g/mol. The number of rotatable bonds is 6. The third kappa shape index (κ3) is 4.13. The average molecular weight is 422 g/mol. The van der Waals surface area contributed by atoms with Crippen LogP contribution in [0.2, 0.25) is 0 Å². The van der Waals surface area contributed by atoms with Crippen LogP contribution in [0.5, 0.6) is 5.88 Å². The number of carbonyl (C=O) groups is 2. The first-order valence-corrected chi connectivity index (χ1v) is 9.49. The first-order chi connectivity index (χ1) is 14.9. The van der Waals surface area contributed by atoms with E-state index in [2.05, 4.69) is 15.2 Å². The third-order valence-electron chi connectivity index (χ3n) is 4.89. The van der Waals surface area contributed by atoms with Crippen molar-refractivity contribution in [1.82, 2.24) is 19.7 Å². The Labute approximate surface area is 177 Å². The SMILES string of the molecule is CC(=O)/C(COc1ccc(N2CCn3ccnc3C2=O)nn1)=C(\N)c1ccc(F)cc1. The van der Waals surface area contributed by atoms with Crippen molar-refractivity contribution < 1.29 is 18.7 Å². The molecule has 1 aromatic carbocycles. The highest BCUT2D eigenvalue weighted by molar-refractivity contribution is 6.03. The summed E-state index contributed by atoms with van der Waals surface area (Å²) >= 11 is 0. The van der Waals surface area contributed by atoms with Crippen molar-refractivity contribution in [2.45, 2.75) is 13.5 Å². The zero-order chi connectivity index (χ0) is 22.0. The van der Waals surface area contributed by atoms with Gasteiger partial charge in [-0.15, -0.1) is 10.2 Å². The number of imidazole rings is 1. The summed E-state index contributed by atoms with van der Waals surface area (Å²) < 4.78 is 20.5. The number of nitrogens with zero attached hydrogens (tertiary/aromatic N) is 5. The molecule has 1 aliphatic rings. The summed E-state index contributed by atoms with van der Waals surface area (Å²) in [5.74, 6) is -0.0429. The van der Waals surface area contributed by atoms with Gasteiger partial charge < -0.3 is 15.0 Å². The second-order valence-corrected chi connectivity index (χ2v) is 6.87. The maximum absolute atomic E-state index is 13.1. The van der Waals surface area contributed by atoms with Gasteiger partial charge in [0.15, 0.2) is 17.4 Å². The molecule has 4 rings (SSSR count). The van der Waals surface area contributed by atoms with Gasteiger partial charge in [0.1, 0.15) is 12.4 Å². The quantitative estimate of drug-likeness (QED) is 0.602. The molecule has 0 atom stereocenters. The molecule has 0 aliphatic carbocycles. The number of ether oxygens (including phenoxy) is 1. The van der Waals surface area contributed by atoms with Gasteiger partial charge in [0.25, 0.3) is 5.91 Å². The molecule has 0 saturated carbocycles. The molecule has 1 aliphatic heterocycles. The van der Waals surface area contributed by atoms with Crippen LogP contribution in [0, 0.1) is 5.82 Å². The van der Waals surface area contributed by atoms with Crippen molar-refractivity contribution in [3.8, 4) is 5.88 Å². The van der Waals surface area contributed by atoms with Crippen molar-refractivity contribution in [2.24, 2.45) is 5.73 Å². The number of amides is 1. The molecule has 1 amide bonds. The van der Waals surface area contributed by atoms with E-state index in [1.807, 2.05) is 0 Å². The standard InChI is InChI=1S/C21H19FN6O3/c1-13(29)16(19(23)14-2-4-15(22)5-3-14)12-31-18-7-6-17(25-26-18)28-11-10-27-9-8-24-20(27)21(28)30/h2-9H,10-12,23H2,1H3/b19-16-. The molecule has 10 heteroatoms. The van der Waals surface area contributed by atoms with Crippen molar-refractivity contribution in [1.29, 1.82) is 0 Å². The van der Waals surface area contributed by atoms with Crippen LogP contribution in [-0.2, 0) is 11.3 Å². The minimum atomic E-state index is -0.399. The Bertz CT molecular complexity index is 1150. The van der Waals surface area contributed by atoms with Gasteiger partial charge in [-0.25, -0.2) is 9.37 Å². The number of aromatic nitrogens is 4. The number of hydrogen-bond donors (Lipinski definition) is 1. The lowest BCUT2D eigenvalue weighted by Gasteiger charge is -2.26. The molecule has 0 fully saturated rings. The minimum absolute atomic E-state index is 0.132. The topological polar surface area (TPSA) is 116 Å². The second-order valence-electron chi connectivity index (χ2n) is 6.87. The number of benzene rings is 1. The largest absolute Gasteiger partial charge is 0.472 e. The Morgan fingerprint density at radius 1 is 1.16 bits per heavy atom. The van der Waals surface area contributed by atoms with E-state index in [4.69, 9.17) is 10.5 Å². The summed E-state index contributed by atoms with van der Waals surface area (Å²) in [5.41, 5.74) is 7.03. The predicted molar refractivity (Wildman–Crippen MR) is 110 cm³/mol. The molecule has 0 radical (unpaired) electrons. The van der Waals surface area contributed by atoms with E-state index >= 15 is 0 Å². The number of hydrogen-bond acceptors (Lipinski definition) is 7. The molecule has 9 nitrogen and oxygen atoms in total. The molecule has 2 aromatic heterocycles. The molecule has 3 aromatic rings. The van der Waals surface area contributed by atoms with Crippen LogP contribution >= 0.6 is 0 Å². The van der Waals surface area contributed by atoms with Crippen LogP contribution < -0.4 is 15.4 Å². The van der Waals surface area contributed by atoms with E-state index < -0.39 is 5.82 Å². The van der Waals surface area contributed by atoms with Crippen LogP contribution in [0.1, 0.15) is 23.1 Å². The highest BCUT2D eigenvalue weighted by Gasteiger charge is 2.27. The fraction of sp³-hybridized carbons (Fsp3) is 0.190. The van der Waals surface area contributed by atoms with Gasteiger partial charge in [0.05, 0.1) is 5.57 Å². The molecular formula is C21H19FN6O3. The highest BCUT2D eigenvalue weighted by atomic mass is 19.1. The van der Waals surface area contributed by atoms with E-state index in [0.29, 0.717) is 30.3 Å². The summed E-state index contributed by atoms with van der Waals surface area (Å²) in [5, 5.41) is 8.05. The van der Waals surface area contributed by atoms with E-state index in [1.165, 1.54) is 36.1 Å². The van der Waals surface area contributed by atoms with Gasteiger partial charge in [0, 0.05) is 37.2 Å². The Morgan fingerprint density at radius 2 is 1.94 bits per heavy atom. The summed E-state index contributed by atoms with van der Waals surface area (Å²) in [7, 11) is 0. The minimum Gasteiger partial charge on any atom is -0.472 e. The summed E-state index contributed by atoms with van der Waals surface area (Å²) in [6, 6.07) is 8.67. The van der Waals surface area contributed by atoms with Gasteiger partial charge in [-0.2, -0.15) is 0 Å². The Balaban J connectivity index is 1.47. The summed E-state index contributed by atoms with van der Waals surface area (Å²) in [6.45, 7) is 2.29. The smallest absolute Gasteiger partial charge is 0.295 e. The molecule has 0 bridgehead atoms. The number of fused-ring (bicyclic) bond motifs is 1. The lowest BCUT2D eigenvalue weighted by atomic mass is 10.0. The highest BCUT2D eigenvalue weighted by Crippen LogP contribution is 2.20. The molecule has 3 heterocycles. The maximum atomic E-state index is 13.1. The van der Waals surface area contributed by atoms with Crippen LogP contribution in [0.15, 0.2) is 54.4 Å². The van der Waals surface area contributed by atoms with Gasteiger partial charge in [-0.1, -0.05) is 0 Å². The number of nitrogens with two attached hydrogens (primary N) is 1. The van der Waals surface area contributed by atoms with Crippen LogP contribution in [-0.4, -0.2) is 44.6 Å². The molecule has 31 heavy (non-hydrogen) atoms. The number of ketones is 1. The van der Waals surface area contributed by atoms with Crippen LogP contribution in [0.25, 0.3) is 5.70 Å². The second kappa shape index (κ2) is 8.34. The van der Waals surface area contributed by atoms with E-state index in [1.54, 1.807) is 29.1 Å². The fourth-order valence-corrected chi connectivity index (χ4v) is 3.19. The summed E-state index contributed by atoms with van der Waals surface area (Å²) in [6.07, 6.45) is 3.34. The number of Topliss-reactive ketones (excluding diaryl/α,β-unsaturated/α-hetero) is 1. The van der Waals surface area contributed by atoms with Crippen molar-refractivity contribution in [3.63, 3.8) is 0 Å². The first-order valence-electron chi connectivity index (χ1n) is 9.49. The Kier molecular flexibility index (Phi) is 5.44. The number of anilines is 1. The lowest BCUT2D eigenvalue weighted by molar-refractivity contribution is -0.113. The first kappa shape index (κ1) is 20.2. The zero-order valence-electron chi connectivity index (χ0n) is 16.7. The van der Waals surface area contributed by atoms with Crippen molar-refractivity contribution >= 4 is 23.2 Å². The third-order valence-corrected chi connectivity index (χ3v) is 4.89. The van der Waals surface area contributed by atoms with Crippen molar-refractivity contribution in [2.75, 3.05) is 18.1 Å². The predicted octanol–water partition coefficient (Wildman–Crippen LogP) is 1.81. The van der Waals surface area contributed by atoms with Gasteiger partial charge in [-0.05, 0) is 42.8 Å². The van der Waals surface area contributed by atoms with Gasteiger partial charge in [-0.3, -0.25) is 14.5 Å². The zero-order valence-corrected chi connectivity index (χ0v) is 16.7. The van der Waals surface area contributed by atoms with E-state index in [0.717, 1.165) is 0 Å². The van der Waals surface area contributed by atoms with E-state index in [9.17, 15) is 14.0 Å². The van der Waals surface area contributed by atoms with Gasteiger partial charge in [0.2, 0.25) is 5.88 Å². The lowest BCUT2D eigenvalue weighted by Crippen LogP contribution is -2.41.